The number of nitrogens with one attached hydrogen (secondary N) is 1. The van der Waals surface area contributed by atoms with Crippen LogP contribution in [0, 0.1) is 6.92 Å². The van der Waals surface area contributed by atoms with Crippen molar-refractivity contribution in [1.82, 2.24) is 20.0 Å². The fraction of sp³-hybridized carbons (Fsp3) is 0.375. The fourth-order valence-electron chi connectivity index (χ4n) is 4.65. The number of rotatable bonds is 4. The maximum Gasteiger partial charge on any atom is 0.274 e. The molecule has 6 nitrogen and oxygen atoms in total. The van der Waals surface area contributed by atoms with Gasteiger partial charge in [-0.3, -0.25) is 9.59 Å². The van der Waals surface area contributed by atoms with Crippen molar-refractivity contribution >= 4 is 23.2 Å². The highest BCUT2D eigenvalue weighted by atomic mass is 32.1. The number of likely N-dealkylation sites (tertiary alicyclic amines) is 1. The van der Waals surface area contributed by atoms with Gasteiger partial charge in [0.1, 0.15) is 0 Å². The molecule has 2 aromatic heterocycles. The second-order valence-electron chi connectivity index (χ2n) is 8.38. The summed E-state index contributed by atoms with van der Waals surface area (Å²) in [4.78, 5) is 27.6. The van der Waals surface area contributed by atoms with Gasteiger partial charge in [-0.05, 0) is 62.1 Å². The summed E-state index contributed by atoms with van der Waals surface area (Å²) in [7, 11) is 0. The van der Waals surface area contributed by atoms with Gasteiger partial charge in [-0.2, -0.15) is 16.4 Å². The molecule has 31 heavy (non-hydrogen) atoms. The van der Waals surface area contributed by atoms with Gasteiger partial charge in [0.05, 0.1) is 5.69 Å². The van der Waals surface area contributed by atoms with Crippen molar-refractivity contribution < 1.29 is 9.59 Å². The summed E-state index contributed by atoms with van der Waals surface area (Å²) in [5, 5.41) is 11.7. The number of piperidine rings is 1. The molecular weight excluding hydrogens is 408 g/mol. The van der Waals surface area contributed by atoms with Crippen LogP contribution in [0.4, 0.5) is 0 Å². The summed E-state index contributed by atoms with van der Waals surface area (Å²) >= 11 is 1.52. The molecule has 1 fully saturated rings. The molecule has 5 rings (SSSR count). The summed E-state index contributed by atoms with van der Waals surface area (Å²) in [6.07, 6.45) is 4.47. The number of hydrogen-bond acceptors (Lipinski definition) is 4. The zero-order valence-electron chi connectivity index (χ0n) is 17.6. The summed E-state index contributed by atoms with van der Waals surface area (Å²) in [6.45, 7) is 3.36. The predicted octanol–water partition coefficient (Wildman–Crippen LogP) is 3.77. The Morgan fingerprint density at radius 2 is 1.94 bits per heavy atom. The van der Waals surface area contributed by atoms with Crippen LogP contribution >= 0.6 is 11.3 Å². The van der Waals surface area contributed by atoms with E-state index in [1.54, 1.807) is 0 Å². The number of fused-ring (bicyclic) bond motifs is 1. The first kappa shape index (κ1) is 20.0. The minimum absolute atomic E-state index is 0.0214. The van der Waals surface area contributed by atoms with E-state index in [0.717, 1.165) is 48.9 Å². The van der Waals surface area contributed by atoms with Gasteiger partial charge >= 0.3 is 0 Å². The molecule has 2 aliphatic rings. The number of carbonyl (C=O) groups excluding carboxylic acids is 2. The molecule has 1 aromatic carbocycles. The Balaban J connectivity index is 1.30. The van der Waals surface area contributed by atoms with Gasteiger partial charge in [0.25, 0.3) is 11.8 Å². The van der Waals surface area contributed by atoms with Crippen LogP contribution < -0.4 is 5.32 Å². The lowest BCUT2D eigenvalue weighted by molar-refractivity contribution is 0.0691. The number of aryl methyl sites for hydroxylation is 1. The van der Waals surface area contributed by atoms with Gasteiger partial charge in [-0.1, -0.05) is 18.2 Å². The minimum Gasteiger partial charge on any atom is -0.349 e. The lowest BCUT2D eigenvalue weighted by atomic mass is 10.0. The molecule has 0 atom stereocenters. The molecule has 1 aliphatic carbocycles. The normalized spacial score (nSPS) is 16.4. The van der Waals surface area contributed by atoms with Gasteiger partial charge in [-0.25, -0.2) is 4.68 Å². The molecule has 0 bridgehead atoms. The SMILES string of the molecule is Cc1ccccc1-n1nc(C(=O)N2CCC(NC(=O)c3ccsc3)CC2)c2c1CCC2. The number of para-hydroxylation sites is 1. The highest BCUT2D eigenvalue weighted by Gasteiger charge is 2.32. The highest BCUT2D eigenvalue weighted by Crippen LogP contribution is 2.30. The largest absolute Gasteiger partial charge is 0.349 e. The van der Waals surface area contributed by atoms with Crippen molar-refractivity contribution in [3.05, 3.63) is 69.2 Å². The second kappa shape index (κ2) is 8.30. The van der Waals surface area contributed by atoms with Crippen molar-refractivity contribution in [3.63, 3.8) is 0 Å². The summed E-state index contributed by atoms with van der Waals surface area (Å²) in [6, 6.07) is 10.1. The number of aromatic nitrogens is 2. The molecule has 1 aliphatic heterocycles. The first-order valence-electron chi connectivity index (χ1n) is 10.9. The van der Waals surface area contributed by atoms with Crippen molar-refractivity contribution in [3.8, 4) is 5.69 Å². The van der Waals surface area contributed by atoms with Crippen molar-refractivity contribution in [2.45, 2.75) is 45.1 Å². The molecule has 1 N–H and O–H groups in total. The molecule has 0 unspecified atom stereocenters. The number of carbonyl (C=O) groups is 2. The van der Waals surface area contributed by atoms with Crippen molar-refractivity contribution in [1.29, 1.82) is 0 Å². The van der Waals surface area contributed by atoms with Crippen molar-refractivity contribution in [2.24, 2.45) is 0 Å². The average molecular weight is 435 g/mol. The highest BCUT2D eigenvalue weighted by molar-refractivity contribution is 7.08. The van der Waals surface area contributed by atoms with E-state index in [-0.39, 0.29) is 17.9 Å². The van der Waals surface area contributed by atoms with Crippen molar-refractivity contribution in [2.75, 3.05) is 13.1 Å². The third-order valence-corrected chi connectivity index (χ3v) is 7.06. The Hall–Kier alpha value is -2.93. The van der Waals surface area contributed by atoms with Crippen LogP contribution in [0.5, 0.6) is 0 Å². The lowest BCUT2D eigenvalue weighted by Gasteiger charge is -2.32. The van der Waals surface area contributed by atoms with E-state index in [4.69, 9.17) is 5.10 Å². The van der Waals surface area contributed by atoms with E-state index in [2.05, 4.69) is 24.4 Å². The fourth-order valence-corrected chi connectivity index (χ4v) is 5.28. The Kier molecular flexibility index (Phi) is 5.36. The average Bonchev–Trinajstić information content (AvgIpc) is 3.53. The summed E-state index contributed by atoms with van der Waals surface area (Å²) in [5.74, 6) is -0.00563. The van der Waals surface area contributed by atoms with Crippen LogP contribution in [-0.4, -0.2) is 45.6 Å². The standard InChI is InChI=1S/C24H26N4O2S/c1-16-5-2-3-7-20(16)28-21-8-4-6-19(21)22(26-28)24(30)27-12-9-18(10-13-27)25-23(29)17-11-14-31-15-17/h2-3,5,7,11,14-15,18H,4,6,8-10,12-13H2,1H3,(H,25,29). The molecule has 7 heteroatoms. The van der Waals surface area contributed by atoms with E-state index < -0.39 is 0 Å². The van der Waals surface area contributed by atoms with Crippen LogP contribution in [0.1, 0.15) is 56.9 Å². The Morgan fingerprint density at radius 1 is 1.13 bits per heavy atom. The van der Waals surface area contributed by atoms with E-state index in [1.807, 2.05) is 38.5 Å². The third-order valence-electron chi connectivity index (χ3n) is 6.38. The van der Waals surface area contributed by atoms with Crippen LogP contribution in [0.2, 0.25) is 0 Å². The quantitative estimate of drug-likeness (QED) is 0.680. The summed E-state index contributed by atoms with van der Waals surface area (Å²) < 4.78 is 1.98. The lowest BCUT2D eigenvalue weighted by Crippen LogP contribution is -2.46. The molecule has 0 saturated carbocycles. The number of thiophene rings is 1. The smallest absolute Gasteiger partial charge is 0.274 e. The van der Waals surface area contributed by atoms with E-state index in [0.29, 0.717) is 24.3 Å². The first-order chi connectivity index (χ1) is 15.1. The van der Waals surface area contributed by atoms with Gasteiger partial charge in [0.2, 0.25) is 0 Å². The maximum atomic E-state index is 13.4. The Labute approximate surface area is 185 Å². The second-order valence-corrected chi connectivity index (χ2v) is 9.16. The number of amides is 2. The summed E-state index contributed by atoms with van der Waals surface area (Å²) in [5.41, 5.74) is 5.81. The van der Waals surface area contributed by atoms with Gasteiger partial charge in [0, 0.05) is 41.3 Å². The molecular formula is C24H26N4O2S. The zero-order chi connectivity index (χ0) is 21.4. The minimum atomic E-state index is -0.0270. The molecule has 1 saturated heterocycles. The zero-order valence-corrected chi connectivity index (χ0v) is 18.5. The predicted molar refractivity (Wildman–Crippen MR) is 121 cm³/mol. The first-order valence-corrected chi connectivity index (χ1v) is 11.8. The Morgan fingerprint density at radius 3 is 2.68 bits per heavy atom. The van der Waals surface area contributed by atoms with Gasteiger partial charge in [0.15, 0.2) is 5.69 Å². The van der Waals surface area contributed by atoms with Crippen LogP contribution in [-0.2, 0) is 12.8 Å². The van der Waals surface area contributed by atoms with E-state index >= 15 is 0 Å². The van der Waals surface area contributed by atoms with Crippen LogP contribution in [0.25, 0.3) is 5.69 Å². The van der Waals surface area contributed by atoms with Crippen LogP contribution in [0.3, 0.4) is 0 Å². The Bertz CT molecular complexity index is 1110. The number of benzene rings is 1. The van der Waals surface area contributed by atoms with E-state index in [1.165, 1.54) is 17.0 Å². The molecule has 3 heterocycles. The molecule has 0 spiro atoms. The van der Waals surface area contributed by atoms with Gasteiger partial charge < -0.3 is 10.2 Å². The van der Waals surface area contributed by atoms with Crippen LogP contribution in [0.15, 0.2) is 41.1 Å². The molecule has 0 radical (unpaired) electrons. The van der Waals surface area contributed by atoms with E-state index in [9.17, 15) is 9.59 Å². The maximum absolute atomic E-state index is 13.4. The van der Waals surface area contributed by atoms with Gasteiger partial charge in [-0.15, -0.1) is 0 Å². The third kappa shape index (κ3) is 3.78. The topological polar surface area (TPSA) is 67.2 Å². The monoisotopic (exact) mass is 434 g/mol. The molecule has 3 aromatic rings. The molecule has 160 valence electrons. The number of hydrogen-bond donors (Lipinski definition) is 1. The molecule has 2 amide bonds. The number of nitrogens with zero attached hydrogens (tertiary/aromatic N) is 3.